The van der Waals surface area contributed by atoms with Crippen molar-refractivity contribution in [2.24, 2.45) is 0 Å². The molecule has 102 valence electrons. The van der Waals surface area contributed by atoms with Crippen LogP contribution in [-0.4, -0.2) is 43.8 Å². The van der Waals surface area contributed by atoms with Gasteiger partial charge in [0, 0.05) is 0 Å². The SMILES string of the molecule is O.O.O.O.O.O.O.O.[O]=[Zr]([Cl])([Cl])([Cl])[Cl]. The van der Waals surface area contributed by atoms with Crippen molar-refractivity contribution in [3.05, 3.63) is 0 Å². The average Bonchev–Trinajstić information content (AvgIpc) is 0.650. The van der Waals surface area contributed by atoms with Gasteiger partial charge < -0.3 is 43.8 Å². The molecule has 0 amide bonds. The summed E-state index contributed by atoms with van der Waals surface area (Å²) in [5, 5.41) is 0. The Morgan fingerprint density at radius 1 is 0.500 bits per heavy atom. The van der Waals surface area contributed by atoms with Crippen LogP contribution in [0.25, 0.3) is 0 Å². The van der Waals surface area contributed by atoms with E-state index in [4.69, 9.17) is 34.1 Å². The molecule has 14 heavy (non-hydrogen) atoms. The van der Waals surface area contributed by atoms with Gasteiger partial charge in [0.05, 0.1) is 0 Å². The molecule has 0 aromatic heterocycles. The van der Waals surface area contributed by atoms with Crippen LogP contribution in [-0.2, 0) is 16.8 Å². The van der Waals surface area contributed by atoms with Gasteiger partial charge in [0.1, 0.15) is 0 Å². The van der Waals surface area contributed by atoms with Crippen LogP contribution >= 0.6 is 34.1 Å². The van der Waals surface area contributed by atoms with E-state index in [1.807, 2.05) is 0 Å². The van der Waals surface area contributed by atoms with E-state index >= 15 is 0 Å². The van der Waals surface area contributed by atoms with Gasteiger partial charge in [0.25, 0.3) is 0 Å². The number of halogens is 4. The minimum atomic E-state index is -5.12. The van der Waals surface area contributed by atoms with E-state index < -0.39 is 14.0 Å². The van der Waals surface area contributed by atoms with Gasteiger partial charge in [-0.1, -0.05) is 0 Å². The molecule has 14 heteroatoms. The molecule has 9 nitrogen and oxygen atoms in total. The van der Waals surface area contributed by atoms with E-state index in [1.54, 1.807) is 0 Å². The van der Waals surface area contributed by atoms with Crippen molar-refractivity contribution in [1.29, 1.82) is 0 Å². The number of hydrogen-bond acceptors (Lipinski definition) is 1. The Labute approximate surface area is 94.1 Å². The van der Waals surface area contributed by atoms with Crippen LogP contribution in [0.3, 0.4) is 0 Å². The standard InChI is InChI=1S/4ClH.8H2O.O.Zr/h4*1H;8*1H2;;/q;;;;;;;;;;;;;+4/p-4. The molecule has 0 saturated carbocycles. The van der Waals surface area contributed by atoms with Gasteiger partial charge in [0.15, 0.2) is 0 Å². The van der Waals surface area contributed by atoms with Crippen molar-refractivity contribution in [1.82, 2.24) is 0 Å². The molecular weight excluding hydrogens is 377 g/mol. The van der Waals surface area contributed by atoms with Gasteiger partial charge in [-0.05, 0) is 0 Å². The summed E-state index contributed by atoms with van der Waals surface area (Å²) in [6.45, 7) is 0. The molecule has 0 spiro atoms. The fourth-order valence-corrected chi connectivity index (χ4v) is 0. The molecule has 0 atom stereocenters. The third-order valence-corrected chi connectivity index (χ3v) is 0. The molecule has 0 aromatic rings. The summed E-state index contributed by atoms with van der Waals surface area (Å²) < 4.78 is 9.95. The third-order valence-electron chi connectivity index (χ3n) is 0. The van der Waals surface area contributed by atoms with Crippen LogP contribution < -0.4 is 0 Å². The van der Waals surface area contributed by atoms with E-state index in [-0.39, 0.29) is 43.8 Å². The summed E-state index contributed by atoms with van der Waals surface area (Å²) in [6.07, 6.45) is 0. The molecule has 0 radical (unpaired) electrons. The second-order valence-corrected chi connectivity index (χ2v) is 28.3. The molecule has 0 unspecified atom stereocenters. The zero-order valence-corrected chi connectivity index (χ0v) is 11.9. The van der Waals surface area contributed by atoms with E-state index in [0.717, 1.165) is 0 Å². The fourth-order valence-electron chi connectivity index (χ4n) is 0. The normalized spacial score (nSPS) is 6.36. The zero-order chi connectivity index (χ0) is 5.45. The molecular formula is H16Cl4O9Zr. The van der Waals surface area contributed by atoms with Crippen molar-refractivity contribution in [3.63, 3.8) is 0 Å². The zero-order valence-electron chi connectivity index (χ0n) is 6.42. The summed E-state index contributed by atoms with van der Waals surface area (Å²) in [4.78, 5) is 0. The summed E-state index contributed by atoms with van der Waals surface area (Å²) in [5.41, 5.74) is 0. The van der Waals surface area contributed by atoms with Crippen LogP contribution in [0.1, 0.15) is 0 Å². The molecule has 0 bridgehead atoms. The first-order valence-electron chi connectivity index (χ1n) is 0.960. The Bertz CT molecular complexity index is 94.5. The van der Waals surface area contributed by atoms with Gasteiger partial charge in [-0.25, -0.2) is 0 Å². The van der Waals surface area contributed by atoms with Crippen molar-refractivity contribution >= 4 is 34.1 Å². The first-order valence-corrected chi connectivity index (χ1v) is 14.6. The van der Waals surface area contributed by atoms with Crippen molar-refractivity contribution < 1.29 is 60.6 Å². The first-order chi connectivity index (χ1) is 2.24. The molecule has 0 aliphatic carbocycles. The van der Waals surface area contributed by atoms with Gasteiger partial charge in [-0.3, -0.25) is 0 Å². The van der Waals surface area contributed by atoms with Crippen LogP contribution in [0.15, 0.2) is 0 Å². The van der Waals surface area contributed by atoms with E-state index in [9.17, 15) is 2.81 Å². The van der Waals surface area contributed by atoms with Crippen LogP contribution in [0.5, 0.6) is 0 Å². The molecule has 0 aromatic carbocycles. The predicted octanol–water partition coefficient (Wildman–Crippen LogP) is -3.96. The van der Waals surface area contributed by atoms with E-state index in [1.165, 1.54) is 0 Å². The van der Waals surface area contributed by atoms with Crippen LogP contribution in [0, 0.1) is 0 Å². The first kappa shape index (κ1) is 76.9. The van der Waals surface area contributed by atoms with Gasteiger partial charge in [-0.2, -0.15) is 0 Å². The fraction of sp³-hybridized carbons (Fsp3) is 0. The second-order valence-electron chi connectivity index (χ2n) is 0.737. The Balaban J connectivity index is -0.00000000446. The molecule has 0 rings (SSSR count). The summed E-state index contributed by atoms with van der Waals surface area (Å²) >= 11 is -5.12. The quantitative estimate of drug-likeness (QED) is 0.391. The second kappa shape index (κ2) is 20.0. The van der Waals surface area contributed by atoms with Gasteiger partial charge >= 0.3 is 50.9 Å². The summed E-state index contributed by atoms with van der Waals surface area (Å²) in [6, 6.07) is 0. The van der Waals surface area contributed by atoms with E-state index in [2.05, 4.69) is 0 Å². The Hall–Kier alpha value is 1.52. The van der Waals surface area contributed by atoms with Crippen molar-refractivity contribution in [3.8, 4) is 0 Å². The van der Waals surface area contributed by atoms with Gasteiger partial charge in [0.2, 0.25) is 0 Å². The molecule has 0 saturated heterocycles. The maximum absolute atomic E-state index is 9.95. The molecule has 0 heterocycles. The monoisotopic (exact) mass is 390 g/mol. The number of rotatable bonds is 0. The predicted molar refractivity (Wildman–Crippen MR) is 53.0 cm³/mol. The van der Waals surface area contributed by atoms with Gasteiger partial charge in [-0.15, -0.1) is 0 Å². The Morgan fingerprint density at radius 2 is 0.500 bits per heavy atom. The molecule has 0 fully saturated rings. The average molecular weight is 393 g/mol. The maximum atomic E-state index is 9.95. The number of hydrogen-bond donors (Lipinski definition) is 0. The van der Waals surface area contributed by atoms with Crippen LogP contribution in [0.2, 0.25) is 0 Å². The summed E-state index contributed by atoms with van der Waals surface area (Å²) in [7, 11) is 18.9. The summed E-state index contributed by atoms with van der Waals surface area (Å²) in [5.74, 6) is 0. The Morgan fingerprint density at radius 3 is 0.500 bits per heavy atom. The van der Waals surface area contributed by atoms with Crippen molar-refractivity contribution in [2.75, 3.05) is 0 Å². The third kappa shape index (κ3) is 914. The molecule has 16 N–H and O–H groups in total. The minimum absolute atomic E-state index is 0. The van der Waals surface area contributed by atoms with E-state index in [0.29, 0.717) is 0 Å². The molecule has 0 aliphatic heterocycles. The Kier molecular flexibility index (Phi) is 110. The topological polar surface area (TPSA) is 269 Å². The van der Waals surface area contributed by atoms with Crippen LogP contribution in [0.4, 0.5) is 0 Å². The molecule has 0 aliphatic rings. The van der Waals surface area contributed by atoms with Crippen molar-refractivity contribution in [2.45, 2.75) is 0 Å².